The topological polar surface area (TPSA) is 118 Å². The van der Waals surface area contributed by atoms with E-state index < -0.39 is 0 Å². The molecular formula is C24H31N7O2S. The summed E-state index contributed by atoms with van der Waals surface area (Å²) in [6.07, 6.45) is 4.26. The molecule has 1 aliphatic carbocycles. The number of likely N-dealkylation sites (N-methyl/N-ethyl adjacent to an activating group) is 1. The largest absolute Gasteiger partial charge is 0.396 e. The Morgan fingerprint density at radius 1 is 1.32 bits per heavy atom. The van der Waals surface area contributed by atoms with Gasteiger partial charge < -0.3 is 26.0 Å². The molecule has 5 rings (SSSR count). The van der Waals surface area contributed by atoms with Crippen LogP contribution in [0.1, 0.15) is 40.0 Å². The maximum Gasteiger partial charge on any atom is 0.263 e. The minimum absolute atomic E-state index is 0.0442. The lowest BCUT2D eigenvalue weighted by molar-refractivity contribution is 0.0938. The number of pyridine rings is 1. The summed E-state index contributed by atoms with van der Waals surface area (Å²) in [7, 11) is 1.77. The second kappa shape index (κ2) is 9.44. The average molecular weight is 482 g/mol. The molecule has 9 nitrogen and oxygen atoms in total. The first-order valence-corrected chi connectivity index (χ1v) is 12.6. The van der Waals surface area contributed by atoms with Crippen LogP contribution in [0.2, 0.25) is 0 Å². The van der Waals surface area contributed by atoms with Crippen LogP contribution in [0.25, 0.3) is 10.3 Å². The molecule has 34 heavy (non-hydrogen) atoms. The number of nitrogen functional groups attached to an aromatic ring is 1. The van der Waals surface area contributed by atoms with E-state index in [2.05, 4.69) is 44.6 Å². The number of carbonyl (C=O) groups is 1. The molecule has 10 heteroatoms. The van der Waals surface area contributed by atoms with Crippen LogP contribution in [0.15, 0.2) is 18.3 Å². The second-order valence-electron chi connectivity index (χ2n) is 9.04. The van der Waals surface area contributed by atoms with Gasteiger partial charge in [0, 0.05) is 38.1 Å². The number of methoxy groups -OCH3 is 1. The average Bonchev–Trinajstić information content (AvgIpc) is 3.39. The number of ether oxygens (including phenoxy) is 1. The fourth-order valence-corrected chi connectivity index (χ4v) is 5.95. The second-order valence-corrected chi connectivity index (χ2v) is 10.0. The number of nitrogens with one attached hydrogen (secondary N) is 2. The van der Waals surface area contributed by atoms with E-state index in [0.29, 0.717) is 27.0 Å². The molecule has 0 spiro atoms. The number of hydrogen-bond acceptors (Lipinski definition) is 9. The van der Waals surface area contributed by atoms with Gasteiger partial charge in [-0.3, -0.25) is 4.79 Å². The standard InChI is InChI=1S/C24H31N7O2S/c1-4-26-17-11-31(12-18(17)33-3)19-8-5-14-9-15(6-7-16(14)30-19)29-23(32)22-20(25)21-24(34-22)28-13(2)10-27-21/h5,8,10,15,17-18,26H,4,6-7,9,11-12,25H2,1-3H3,(H,29,32). The normalized spacial score (nSPS) is 22.2. The monoisotopic (exact) mass is 481 g/mol. The molecule has 1 aliphatic heterocycles. The number of rotatable bonds is 6. The van der Waals surface area contributed by atoms with Crippen molar-refractivity contribution in [3.63, 3.8) is 0 Å². The number of carbonyl (C=O) groups excluding carboxylic acids is 1. The first kappa shape index (κ1) is 22.9. The Morgan fingerprint density at radius 2 is 2.18 bits per heavy atom. The van der Waals surface area contributed by atoms with Gasteiger partial charge in [-0.2, -0.15) is 0 Å². The summed E-state index contributed by atoms with van der Waals surface area (Å²) in [4.78, 5) is 30.2. The highest BCUT2D eigenvalue weighted by Gasteiger charge is 2.33. The van der Waals surface area contributed by atoms with Gasteiger partial charge in [0.2, 0.25) is 0 Å². The maximum absolute atomic E-state index is 13.0. The van der Waals surface area contributed by atoms with Crippen LogP contribution in [0.5, 0.6) is 0 Å². The Labute approximate surface area is 203 Å². The fourth-order valence-electron chi connectivity index (χ4n) is 4.95. The number of nitrogens with two attached hydrogens (primary N) is 1. The number of aromatic nitrogens is 3. The van der Waals surface area contributed by atoms with Crippen LogP contribution in [-0.4, -0.2) is 65.8 Å². The summed E-state index contributed by atoms with van der Waals surface area (Å²) in [6.45, 7) is 6.63. The van der Waals surface area contributed by atoms with E-state index in [1.165, 1.54) is 16.9 Å². The van der Waals surface area contributed by atoms with Gasteiger partial charge in [-0.1, -0.05) is 13.0 Å². The molecule has 3 atom stereocenters. The minimum Gasteiger partial charge on any atom is -0.396 e. The molecule has 1 saturated heterocycles. The van der Waals surface area contributed by atoms with Crippen molar-refractivity contribution < 1.29 is 9.53 Å². The molecule has 0 saturated carbocycles. The first-order chi connectivity index (χ1) is 16.5. The van der Waals surface area contributed by atoms with Gasteiger partial charge in [-0.15, -0.1) is 11.3 Å². The van der Waals surface area contributed by atoms with Crippen LogP contribution >= 0.6 is 11.3 Å². The highest BCUT2D eigenvalue weighted by molar-refractivity contribution is 7.21. The molecular weight excluding hydrogens is 450 g/mol. The van der Waals surface area contributed by atoms with E-state index >= 15 is 0 Å². The third kappa shape index (κ3) is 4.33. The van der Waals surface area contributed by atoms with E-state index in [4.69, 9.17) is 15.5 Å². The predicted octanol–water partition coefficient (Wildman–Crippen LogP) is 2.08. The van der Waals surface area contributed by atoms with E-state index in [-0.39, 0.29) is 18.1 Å². The Morgan fingerprint density at radius 3 is 2.97 bits per heavy atom. The zero-order valence-electron chi connectivity index (χ0n) is 19.8. The number of aryl methyl sites for hydroxylation is 2. The number of anilines is 2. The molecule has 3 unspecified atom stereocenters. The molecule has 180 valence electrons. The summed E-state index contributed by atoms with van der Waals surface area (Å²) in [5.74, 6) is 0.840. The number of amides is 1. The lowest BCUT2D eigenvalue weighted by Crippen LogP contribution is -2.40. The number of fused-ring (bicyclic) bond motifs is 2. The molecule has 2 aliphatic rings. The lowest BCUT2D eigenvalue weighted by Gasteiger charge is -2.26. The molecule has 0 aromatic carbocycles. The van der Waals surface area contributed by atoms with Gasteiger partial charge in [0.1, 0.15) is 21.0 Å². The molecule has 1 amide bonds. The Balaban J connectivity index is 1.26. The van der Waals surface area contributed by atoms with Crippen LogP contribution in [0.3, 0.4) is 0 Å². The Hall–Kier alpha value is -2.82. The van der Waals surface area contributed by atoms with Crippen LogP contribution in [-0.2, 0) is 17.6 Å². The van der Waals surface area contributed by atoms with Crippen molar-refractivity contribution in [2.24, 2.45) is 0 Å². The van der Waals surface area contributed by atoms with Gasteiger partial charge in [-0.25, -0.2) is 15.0 Å². The minimum atomic E-state index is -0.157. The molecule has 3 aromatic heterocycles. The summed E-state index contributed by atoms with van der Waals surface area (Å²) < 4.78 is 5.67. The van der Waals surface area contributed by atoms with Gasteiger partial charge >= 0.3 is 0 Å². The van der Waals surface area contributed by atoms with Crippen molar-refractivity contribution >= 4 is 39.1 Å². The van der Waals surface area contributed by atoms with Crippen LogP contribution < -0.4 is 21.3 Å². The van der Waals surface area contributed by atoms with E-state index in [9.17, 15) is 4.79 Å². The molecule has 4 heterocycles. The highest BCUT2D eigenvalue weighted by Crippen LogP contribution is 2.31. The van der Waals surface area contributed by atoms with Gasteiger partial charge in [0.05, 0.1) is 23.5 Å². The lowest BCUT2D eigenvalue weighted by atomic mass is 9.91. The van der Waals surface area contributed by atoms with Gasteiger partial charge in [0.15, 0.2) is 0 Å². The van der Waals surface area contributed by atoms with E-state index in [1.807, 2.05) is 6.92 Å². The van der Waals surface area contributed by atoms with E-state index in [0.717, 1.165) is 56.1 Å². The molecule has 3 aromatic rings. The Kier molecular flexibility index (Phi) is 6.37. The van der Waals surface area contributed by atoms with Crippen molar-refractivity contribution in [3.05, 3.63) is 40.2 Å². The van der Waals surface area contributed by atoms with Gasteiger partial charge in [-0.05, 0) is 44.4 Å². The first-order valence-electron chi connectivity index (χ1n) is 11.8. The zero-order valence-corrected chi connectivity index (χ0v) is 20.6. The smallest absolute Gasteiger partial charge is 0.263 e. The molecule has 1 fully saturated rings. The van der Waals surface area contributed by atoms with Crippen molar-refractivity contribution in [3.8, 4) is 0 Å². The summed E-state index contributed by atoms with van der Waals surface area (Å²) in [5.41, 5.74) is 10.3. The quantitative estimate of drug-likeness (QED) is 0.490. The van der Waals surface area contributed by atoms with Crippen molar-refractivity contribution in [1.29, 1.82) is 0 Å². The SMILES string of the molecule is CCNC1CN(c2ccc3c(n2)CCC(NC(=O)c2sc4nc(C)cnc4c2N)C3)CC1OC. The number of nitrogens with zero attached hydrogens (tertiary/aromatic N) is 4. The third-order valence-corrected chi connectivity index (χ3v) is 7.80. The molecule has 4 N–H and O–H groups in total. The van der Waals surface area contributed by atoms with Gasteiger partial charge in [0.25, 0.3) is 5.91 Å². The highest BCUT2D eigenvalue weighted by atomic mass is 32.1. The summed E-state index contributed by atoms with van der Waals surface area (Å²) in [6, 6.07) is 4.60. The zero-order chi connectivity index (χ0) is 23.8. The van der Waals surface area contributed by atoms with Crippen molar-refractivity contribution in [2.45, 2.75) is 51.3 Å². The van der Waals surface area contributed by atoms with E-state index in [1.54, 1.807) is 13.3 Å². The van der Waals surface area contributed by atoms with Crippen molar-refractivity contribution in [1.82, 2.24) is 25.6 Å². The van der Waals surface area contributed by atoms with Crippen LogP contribution in [0, 0.1) is 6.92 Å². The summed E-state index contributed by atoms with van der Waals surface area (Å²) >= 11 is 1.30. The number of thiophene rings is 1. The van der Waals surface area contributed by atoms with Crippen molar-refractivity contribution in [2.75, 3.05) is 37.4 Å². The third-order valence-electron chi connectivity index (χ3n) is 6.71. The predicted molar refractivity (Wildman–Crippen MR) is 135 cm³/mol. The molecule has 0 radical (unpaired) electrons. The summed E-state index contributed by atoms with van der Waals surface area (Å²) in [5, 5.41) is 6.68. The molecule has 0 bridgehead atoms. The fraction of sp³-hybridized carbons (Fsp3) is 0.500. The number of hydrogen-bond donors (Lipinski definition) is 3. The maximum atomic E-state index is 13.0. The Bertz CT molecular complexity index is 1210. The van der Waals surface area contributed by atoms with Crippen LogP contribution in [0.4, 0.5) is 11.5 Å².